The molecule has 0 spiro atoms. The molecule has 3 N–H and O–H groups in total. The highest BCUT2D eigenvalue weighted by Gasteiger charge is 2.33. The van der Waals surface area contributed by atoms with Crippen molar-refractivity contribution in [2.75, 3.05) is 32.7 Å². The first-order valence-electron chi connectivity index (χ1n) is 7.86. The molecule has 0 aromatic heterocycles. The van der Waals surface area contributed by atoms with Crippen LogP contribution >= 0.6 is 0 Å². The summed E-state index contributed by atoms with van der Waals surface area (Å²) in [6.07, 6.45) is -1.71. The van der Waals surface area contributed by atoms with Crippen LogP contribution in [-0.2, 0) is 16.1 Å². The summed E-state index contributed by atoms with van der Waals surface area (Å²) in [5, 5.41) is 20.8. The number of nitrogens with zero attached hydrogens (tertiary/aromatic N) is 2. The maximum absolute atomic E-state index is 11.7. The van der Waals surface area contributed by atoms with Crippen molar-refractivity contribution in [2.24, 2.45) is 0 Å². The maximum Gasteiger partial charge on any atom is 0.407 e. The van der Waals surface area contributed by atoms with Crippen LogP contribution in [0, 0.1) is 0 Å². The molecule has 0 radical (unpaired) electrons. The third-order valence-corrected chi connectivity index (χ3v) is 3.93. The normalized spacial score (nSPS) is 17.8. The second-order valence-corrected chi connectivity index (χ2v) is 5.61. The number of hydrogen-bond donors (Lipinski definition) is 3. The summed E-state index contributed by atoms with van der Waals surface area (Å²) in [7, 11) is 0. The van der Waals surface area contributed by atoms with Crippen molar-refractivity contribution in [1.29, 1.82) is 0 Å². The zero-order chi connectivity index (χ0) is 18.2. The SMILES string of the molecule is O=C(NCCN1CCN(C(=O)O)C[C@H]1C(=O)O)OCc1ccccc1. The predicted octanol–water partition coefficient (Wildman–Crippen LogP) is 0.662. The molecule has 9 heteroatoms. The average molecular weight is 351 g/mol. The Hall–Kier alpha value is -2.81. The van der Waals surface area contributed by atoms with E-state index in [2.05, 4.69) is 5.32 Å². The first kappa shape index (κ1) is 18.5. The molecule has 2 rings (SSSR count). The summed E-state index contributed by atoms with van der Waals surface area (Å²) < 4.78 is 5.07. The first-order valence-corrected chi connectivity index (χ1v) is 7.86. The molecule has 2 amide bonds. The number of carboxylic acid groups (broad SMARTS) is 2. The molecule has 1 aliphatic rings. The van der Waals surface area contributed by atoms with Gasteiger partial charge in [-0.3, -0.25) is 9.69 Å². The average Bonchev–Trinajstić information content (AvgIpc) is 2.60. The van der Waals surface area contributed by atoms with Crippen molar-refractivity contribution < 1.29 is 29.3 Å². The summed E-state index contributed by atoms with van der Waals surface area (Å²) in [6.45, 7) is 1.10. The van der Waals surface area contributed by atoms with Crippen LogP contribution in [0.2, 0.25) is 0 Å². The number of carbonyl (C=O) groups is 3. The lowest BCUT2D eigenvalue weighted by molar-refractivity contribution is -0.145. The van der Waals surface area contributed by atoms with E-state index < -0.39 is 24.2 Å². The van der Waals surface area contributed by atoms with E-state index in [1.165, 1.54) is 0 Å². The molecule has 0 aliphatic carbocycles. The molecule has 136 valence electrons. The van der Waals surface area contributed by atoms with Gasteiger partial charge >= 0.3 is 18.2 Å². The highest BCUT2D eigenvalue weighted by Crippen LogP contribution is 2.10. The monoisotopic (exact) mass is 351 g/mol. The van der Waals surface area contributed by atoms with Gasteiger partial charge in [0.05, 0.1) is 6.54 Å². The van der Waals surface area contributed by atoms with Crippen LogP contribution < -0.4 is 5.32 Å². The van der Waals surface area contributed by atoms with Crippen LogP contribution in [-0.4, -0.2) is 76.9 Å². The molecule has 1 atom stereocenters. The van der Waals surface area contributed by atoms with Crippen molar-refractivity contribution >= 4 is 18.2 Å². The van der Waals surface area contributed by atoms with Crippen LogP contribution in [0.15, 0.2) is 30.3 Å². The predicted molar refractivity (Wildman–Crippen MR) is 87.2 cm³/mol. The number of amides is 2. The summed E-state index contributed by atoms with van der Waals surface area (Å²) in [5.41, 5.74) is 0.869. The van der Waals surface area contributed by atoms with Gasteiger partial charge in [-0.1, -0.05) is 30.3 Å². The highest BCUT2D eigenvalue weighted by atomic mass is 16.5. The molecular weight excluding hydrogens is 330 g/mol. The van der Waals surface area contributed by atoms with Gasteiger partial charge in [0.25, 0.3) is 0 Å². The van der Waals surface area contributed by atoms with E-state index in [0.29, 0.717) is 13.1 Å². The molecule has 1 aromatic rings. The molecule has 1 saturated heterocycles. The van der Waals surface area contributed by atoms with Gasteiger partial charge in [0.1, 0.15) is 12.6 Å². The Morgan fingerprint density at radius 1 is 1.16 bits per heavy atom. The molecule has 1 aliphatic heterocycles. The fourth-order valence-electron chi connectivity index (χ4n) is 2.57. The quantitative estimate of drug-likeness (QED) is 0.689. The number of alkyl carbamates (subject to hydrolysis) is 1. The van der Waals surface area contributed by atoms with E-state index in [1.54, 1.807) is 4.90 Å². The van der Waals surface area contributed by atoms with Crippen molar-refractivity contribution in [2.45, 2.75) is 12.6 Å². The van der Waals surface area contributed by atoms with E-state index in [9.17, 15) is 19.5 Å². The van der Waals surface area contributed by atoms with Crippen LogP contribution in [0.1, 0.15) is 5.56 Å². The van der Waals surface area contributed by atoms with E-state index in [4.69, 9.17) is 9.84 Å². The molecule has 0 unspecified atom stereocenters. The minimum atomic E-state index is -1.13. The van der Waals surface area contributed by atoms with Gasteiger partial charge in [-0.15, -0.1) is 0 Å². The fraction of sp³-hybridized carbons (Fsp3) is 0.438. The van der Waals surface area contributed by atoms with Crippen molar-refractivity contribution in [3.63, 3.8) is 0 Å². The second-order valence-electron chi connectivity index (χ2n) is 5.61. The summed E-state index contributed by atoms with van der Waals surface area (Å²) in [4.78, 5) is 36.7. The molecule has 0 saturated carbocycles. The zero-order valence-corrected chi connectivity index (χ0v) is 13.6. The third-order valence-electron chi connectivity index (χ3n) is 3.93. The van der Waals surface area contributed by atoms with Crippen LogP contribution in [0.25, 0.3) is 0 Å². The number of carbonyl (C=O) groups excluding carboxylic acids is 1. The van der Waals surface area contributed by atoms with Gasteiger partial charge < -0.3 is 25.2 Å². The Bertz CT molecular complexity index is 609. The molecular formula is C16H21N3O6. The van der Waals surface area contributed by atoms with Crippen LogP contribution in [0.4, 0.5) is 9.59 Å². The van der Waals surface area contributed by atoms with Crippen LogP contribution in [0.5, 0.6) is 0 Å². The maximum atomic E-state index is 11.7. The van der Waals surface area contributed by atoms with Gasteiger partial charge in [0.15, 0.2) is 0 Å². The number of nitrogens with one attached hydrogen (secondary N) is 1. The van der Waals surface area contributed by atoms with E-state index >= 15 is 0 Å². The van der Waals surface area contributed by atoms with E-state index in [-0.39, 0.29) is 26.2 Å². The Balaban J connectivity index is 1.73. The molecule has 1 fully saturated rings. The smallest absolute Gasteiger partial charge is 0.407 e. The lowest BCUT2D eigenvalue weighted by Gasteiger charge is -2.37. The van der Waals surface area contributed by atoms with Gasteiger partial charge in [-0.05, 0) is 5.56 Å². The topological polar surface area (TPSA) is 119 Å². The number of rotatable bonds is 6. The Morgan fingerprint density at radius 2 is 1.88 bits per heavy atom. The Labute approximate surface area is 144 Å². The van der Waals surface area contributed by atoms with Gasteiger partial charge in [-0.25, -0.2) is 9.59 Å². The first-order chi connectivity index (χ1) is 12.0. The molecule has 25 heavy (non-hydrogen) atoms. The van der Waals surface area contributed by atoms with Gasteiger partial charge in [-0.2, -0.15) is 0 Å². The summed E-state index contributed by atoms with van der Waals surface area (Å²) in [5.74, 6) is -1.09. The van der Waals surface area contributed by atoms with Gasteiger partial charge in [0.2, 0.25) is 0 Å². The molecule has 1 aromatic carbocycles. The van der Waals surface area contributed by atoms with E-state index in [1.807, 2.05) is 30.3 Å². The second kappa shape index (κ2) is 8.88. The molecule has 9 nitrogen and oxygen atoms in total. The Kier molecular flexibility index (Phi) is 6.58. The lowest BCUT2D eigenvalue weighted by Crippen LogP contribution is -2.58. The minimum absolute atomic E-state index is 0.0941. The zero-order valence-electron chi connectivity index (χ0n) is 13.6. The minimum Gasteiger partial charge on any atom is -0.480 e. The molecule has 1 heterocycles. The van der Waals surface area contributed by atoms with Crippen molar-refractivity contribution in [3.8, 4) is 0 Å². The van der Waals surface area contributed by atoms with Crippen LogP contribution in [0.3, 0.4) is 0 Å². The Morgan fingerprint density at radius 3 is 2.52 bits per heavy atom. The number of ether oxygens (including phenoxy) is 1. The fourth-order valence-corrected chi connectivity index (χ4v) is 2.57. The lowest BCUT2D eigenvalue weighted by atomic mass is 10.1. The number of carboxylic acids is 1. The van der Waals surface area contributed by atoms with E-state index in [0.717, 1.165) is 10.5 Å². The number of piperazine rings is 1. The van der Waals surface area contributed by atoms with Crippen molar-refractivity contribution in [1.82, 2.24) is 15.1 Å². The highest BCUT2D eigenvalue weighted by molar-refractivity contribution is 5.75. The van der Waals surface area contributed by atoms with Crippen molar-refractivity contribution in [3.05, 3.63) is 35.9 Å². The van der Waals surface area contributed by atoms with Gasteiger partial charge in [0, 0.05) is 26.2 Å². The third kappa shape index (κ3) is 5.64. The molecule has 0 bridgehead atoms. The summed E-state index contributed by atoms with van der Waals surface area (Å²) in [6, 6.07) is 8.32. The number of aliphatic carboxylic acids is 1. The summed E-state index contributed by atoms with van der Waals surface area (Å²) >= 11 is 0. The largest absolute Gasteiger partial charge is 0.480 e. The number of hydrogen-bond acceptors (Lipinski definition) is 5. The standard InChI is InChI=1S/C16H21N3O6/c20-14(21)13-10-19(16(23)24)9-8-18(13)7-6-17-15(22)25-11-12-4-2-1-3-5-12/h1-5,13H,6-11H2,(H,17,22)(H,20,21)(H,23,24)/t13-/m0/s1. The number of benzene rings is 1.